The lowest BCUT2D eigenvalue weighted by atomic mass is 10.0. The van der Waals surface area contributed by atoms with Crippen molar-refractivity contribution in [3.8, 4) is 0 Å². The standard InChI is InChI=1S/C12H22O3/c1-4-7-12(13,10-14-8-5-2)11-15-9-6-3/h5-6,13H,2-4,7-11H2,1H3. The molecule has 0 rings (SSSR count). The summed E-state index contributed by atoms with van der Waals surface area (Å²) in [6.45, 7) is 10.6. The van der Waals surface area contributed by atoms with Gasteiger partial charge in [0.2, 0.25) is 0 Å². The highest BCUT2D eigenvalue weighted by atomic mass is 16.5. The first kappa shape index (κ1) is 14.4. The van der Waals surface area contributed by atoms with Crippen LogP contribution in [0.5, 0.6) is 0 Å². The van der Waals surface area contributed by atoms with Crippen molar-refractivity contribution in [3.63, 3.8) is 0 Å². The minimum Gasteiger partial charge on any atom is -0.385 e. The van der Waals surface area contributed by atoms with Gasteiger partial charge >= 0.3 is 0 Å². The Labute approximate surface area is 92.4 Å². The Morgan fingerprint density at radius 3 is 1.93 bits per heavy atom. The summed E-state index contributed by atoms with van der Waals surface area (Å²) in [4.78, 5) is 0. The van der Waals surface area contributed by atoms with E-state index >= 15 is 0 Å². The molecule has 3 nitrogen and oxygen atoms in total. The van der Waals surface area contributed by atoms with Crippen molar-refractivity contribution < 1.29 is 14.6 Å². The molecule has 0 radical (unpaired) electrons. The average Bonchev–Trinajstić information content (AvgIpc) is 2.19. The third-order valence-corrected chi connectivity index (χ3v) is 1.93. The van der Waals surface area contributed by atoms with Gasteiger partial charge in [-0.1, -0.05) is 25.5 Å². The molecule has 0 atom stereocenters. The molecule has 1 N–H and O–H groups in total. The Morgan fingerprint density at radius 1 is 1.13 bits per heavy atom. The van der Waals surface area contributed by atoms with Crippen molar-refractivity contribution in [1.82, 2.24) is 0 Å². The highest BCUT2D eigenvalue weighted by Crippen LogP contribution is 2.14. The van der Waals surface area contributed by atoms with Crippen LogP contribution in [0.3, 0.4) is 0 Å². The van der Waals surface area contributed by atoms with Crippen LogP contribution in [0.1, 0.15) is 19.8 Å². The lowest BCUT2D eigenvalue weighted by molar-refractivity contribution is -0.0926. The van der Waals surface area contributed by atoms with Gasteiger partial charge in [-0.25, -0.2) is 0 Å². The molecule has 0 aromatic heterocycles. The second kappa shape index (κ2) is 8.65. The molecule has 0 fully saturated rings. The van der Waals surface area contributed by atoms with Crippen LogP contribution in [-0.4, -0.2) is 37.1 Å². The van der Waals surface area contributed by atoms with E-state index in [2.05, 4.69) is 13.2 Å². The van der Waals surface area contributed by atoms with Crippen molar-refractivity contribution in [2.75, 3.05) is 26.4 Å². The second-order valence-electron chi connectivity index (χ2n) is 3.58. The van der Waals surface area contributed by atoms with Crippen LogP contribution in [0.25, 0.3) is 0 Å². The molecule has 0 saturated carbocycles. The molecule has 15 heavy (non-hydrogen) atoms. The summed E-state index contributed by atoms with van der Waals surface area (Å²) in [7, 11) is 0. The minimum absolute atomic E-state index is 0.282. The largest absolute Gasteiger partial charge is 0.385 e. The van der Waals surface area contributed by atoms with Crippen LogP contribution in [0.4, 0.5) is 0 Å². The first-order valence-corrected chi connectivity index (χ1v) is 5.28. The summed E-state index contributed by atoms with van der Waals surface area (Å²) >= 11 is 0. The van der Waals surface area contributed by atoms with E-state index in [0.29, 0.717) is 19.6 Å². The summed E-state index contributed by atoms with van der Waals surface area (Å²) in [5.41, 5.74) is -0.888. The number of ether oxygens (including phenoxy) is 2. The van der Waals surface area contributed by atoms with E-state index in [1.165, 1.54) is 0 Å². The normalized spacial score (nSPS) is 11.3. The molecule has 0 saturated heterocycles. The van der Waals surface area contributed by atoms with Crippen LogP contribution < -0.4 is 0 Å². The zero-order valence-electron chi connectivity index (χ0n) is 9.58. The molecule has 0 bridgehead atoms. The molecule has 0 spiro atoms. The maximum atomic E-state index is 10.1. The Balaban J connectivity index is 3.92. The van der Waals surface area contributed by atoms with Crippen molar-refractivity contribution in [3.05, 3.63) is 25.3 Å². The Bertz CT molecular complexity index is 164. The zero-order valence-corrected chi connectivity index (χ0v) is 9.58. The van der Waals surface area contributed by atoms with Gasteiger partial charge in [0.05, 0.1) is 26.4 Å². The fourth-order valence-corrected chi connectivity index (χ4v) is 1.32. The van der Waals surface area contributed by atoms with E-state index in [1.807, 2.05) is 6.92 Å². The van der Waals surface area contributed by atoms with Gasteiger partial charge < -0.3 is 14.6 Å². The molecular weight excluding hydrogens is 192 g/mol. The molecule has 0 aliphatic heterocycles. The molecular formula is C12H22O3. The fourth-order valence-electron chi connectivity index (χ4n) is 1.32. The first-order chi connectivity index (χ1) is 7.18. The van der Waals surface area contributed by atoms with Crippen LogP contribution in [0.15, 0.2) is 25.3 Å². The Kier molecular flexibility index (Phi) is 8.28. The minimum atomic E-state index is -0.888. The summed E-state index contributed by atoms with van der Waals surface area (Å²) < 4.78 is 10.5. The summed E-state index contributed by atoms with van der Waals surface area (Å²) in [5, 5.41) is 10.1. The quantitative estimate of drug-likeness (QED) is 0.446. The summed E-state index contributed by atoms with van der Waals surface area (Å²) in [6, 6.07) is 0. The van der Waals surface area contributed by atoms with Gasteiger partial charge in [-0.15, -0.1) is 13.2 Å². The number of hydrogen-bond donors (Lipinski definition) is 1. The molecule has 0 heterocycles. The van der Waals surface area contributed by atoms with Gasteiger partial charge in [-0.2, -0.15) is 0 Å². The van der Waals surface area contributed by atoms with Crippen molar-refractivity contribution in [1.29, 1.82) is 0 Å². The van der Waals surface area contributed by atoms with Gasteiger partial charge in [0.1, 0.15) is 5.60 Å². The highest BCUT2D eigenvalue weighted by molar-refractivity contribution is 4.79. The van der Waals surface area contributed by atoms with E-state index in [1.54, 1.807) is 12.2 Å². The van der Waals surface area contributed by atoms with Crippen molar-refractivity contribution in [2.24, 2.45) is 0 Å². The van der Waals surface area contributed by atoms with Gasteiger partial charge in [-0.3, -0.25) is 0 Å². The summed E-state index contributed by atoms with van der Waals surface area (Å²) in [5.74, 6) is 0. The highest BCUT2D eigenvalue weighted by Gasteiger charge is 2.26. The zero-order chi connectivity index (χ0) is 11.6. The van der Waals surface area contributed by atoms with Crippen LogP contribution >= 0.6 is 0 Å². The van der Waals surface area contributed by atoms with Gasteiger partial charge in [0, 0.05) is 0 Å². The topological polar surface area (TPSA) is 38.7 Å². The first-order valence-electron chi connectivity index (χ1n) is 5.28. The monoisotopic (exact) mass is 214 g/mol. The van der Waals surface area contributed by atoms with Crippen molar-refractivity contribution in [2.45, 2.75) is 25.4 Å². The Hall–Kier alpha value is -0.640. The predicted molar refractivity (Wildman–Crippen MR) is 61.9 cm³/mol. The SMILES string of the molecule is C=CCOCC(O)(CCC)COCC=C. The fraction of sp³-hybridized carbons (Fsp3) is 0.667. The van der Waals surface area contributed by atoms with Crippen LogP contribution in [0.2, 0.25) is 0 Å². The molecule has 0 amide bonds. The number of aliphatic hydroxyl groups is 1. The third-order valence-electron chi connectivity index (χ3n) is 1.93. The van der Waals surface area contributed by atoms with E-state index in [-0.39, 0.29) is 13.2 Å². The van der Waals surface area contributed by atoms with Gasteiger partial charge in [0.15, 0.2) is 0 Å². The molecule has 0 aliphatic rings. The Morgan fingerprint density at radius 2 is 1.60 bits per heavy atom. The number of hydrogen-bond acceptors (Lipinski definition) is 3. The second-order valence-corrected chi connectivity index (χ2v) is 3.58. The van der Waals surface area contributed by atoms with Crippen molar-refractivity contribution >= 4 is 0 Å². The van der Waals surface area contributed by atoms with Crippen LogP contribution in [0, 0.1) is 0 Å². The third kappa shape index (κ3) is 7.31. The molecule has 0 unspecified atom stereocenters. The maximum absolute atomic E-state index is 10.1. The van der Waals surface area contributed by atoms with Crippen LogP contribution in [-0.2, 0) is 9.47 Å². The average molecular weight is 214 g/mol. The van der Waals surface area contributed by atoms with Gasteiger partial charge in [-0.05, 0) is 6.42 Å². The lowest BCUT2D eigenvalue weighted by Gasteiger charge is -2.26. The van der Waals surface area contributed by atoms with E-state index in [9.17, 15) is 5.11 Å². The molecule has 3 heteroatoms. The molecule has 88 valence electrons. The van der Waals surface area contributed by atoms with E-state index < -0.39 is 5.60 Å². The number of rotatable bonds is 10. The molecule has 0 aromatic rings. The predicted octanol–water partition coefficient (Wildman–Crippen LogP) is 1.92. The lowest BCUT2D eigenvalue weighted by Crippen LogP contribution is -2.39. The summed E-state index contributed by atoms with van der Waals surface area (Å²) in [6.07, 6.45) is 4.89. The maximum Gasteiger partial charge on any atom is 0.111 e. The molecule has 0 aliphatic carbocycles. The molecule has 0 aromatic carbocycles. The smallest absolute Gasteiger partial charge is 0.111 e. The van der Waals surface area contributed by atoms with Gasteiger partial charge in [0.25, 0.3) is 0 Å². The van der Waals surface area contributed by atoms with E-state index in [0.717, 1.165) is 6.42 Å². The van der Waals surface area contributed by atoms with E-state index in [4.69, 9.17) is 9.47 Å².